The van der Waals surface area contributed by atoms with Gasteiger partial charge in [0, 0.05) is 12.1 Å². The number of benzene rings is 1. The van der Waals surface area contributed by atoms with Gasteiger partial charge in [-0.05, 0) is 37.4 Å². The molecule has 20 heavy (non-hydrogen) atoms. The van der Waals surface area contributed by atoms with Crippen LogP contribution in [0.5, 0.6) is 0 Å². The highest BCUT2D eigenvalue weighted by atomic mass is 32.2. The molecule has 2 rings (SSSR count). The minimum atomic E-state index is -3.16. The summed E-state index contributed by atoms with van der Waals surface area (Å²) in [6.07, 6.45) is 1.78. The second-order valence-electron chi connectivity index (χ2n) is 5.17. The molecule has 1 saturated heterocycles. The lowest BCUT2D eigenvalue weighted by molar-refractivity contribution is -0.384. The molecule has 1 N–H and O–H groups in total. The van der Waals surface area contributed by atoms with E-state index in [1.807, 2.05) is 0 Å². The maximum Gasteiger partial charge on any atom is 0.269 e. The van der Waals surface area contributed by atoms with Crippen LogP contribution in [-0.4, -0.2) is 32.2 Å². The van der Waals surface area contributed by atoms with Gasteiger partial charge in [0.25, 0.3) is 5.69 Å². The van der Waals surface area contributed by atoms with Gasteiger partial charge < -0.3 is 5.32 Å². The van der Waals surface area contributed by atoms with Crippen molar-refractivity contribution < 1.29 is 13.3 Å². The molecule has 1 fully saturated rings. The Labute approximate surface area is 118 Å². The number of hydrogen-bond acceptors (Lipinski definition) is 5. The van der Waals surface area contributed by atoms with Crippen molar-refractivity contribution in [1.29, 1.82) is 0 Å². The lowest BCUT2D eigenvalue weighted by Gasteiger charge is -2.22. The Balaban J connectivity index is 1.98. The first-order chi connectivity index (χ1) is 9.46. The molecule has 110 valence electrons. The molecule has 7 heteroatoms. The van der Waals surface area contributed by atoms with Crippen molar-refractivity contribution in [2.75, 3.05) is 18.8 Å². The van der Waals surface area contributed by atoms with Gasteiger partial charge in [-0.25, -0.2) is 8.42 Å². The number of nitrogens with one attached hydrogen (secondary N) is 1. The van der Waals surface area contributed by atoms with Gasteiger partial charge in [-0.3, -0.25) is 10.1 Å². The zero-order valence-electron chi connectivity index (χ0n) is 11.1. The Kier molecular flexibility index (Phi) is 4.72. The van der Waals surface area contributed by atoms with Crippen molar-refractivity contribution in [3.63, 3.8) is 0 Å². The van der Waals surface area contributed by atoms with Gasteiger partial charge in [0.2, 0.25) is 0 Å². The lowest BCUT2D eigenvalue weighted by Crippen LogP contribution is -2.31. The van der Waals surface area contributed by atoms with Crippen molar-refractivity contribution >= 4 is 15.5 Å². The van der Waals surface area contributed by atoms with E-state index < -0.39 is 14.8 Å². The predicted octanol–water partition coefficient (Wildman–Crippen LogP) is 1.51. The molecule has 0 aliphatic carbocycles. The Bertz CT molecular complexity index is 563. The maximum absolute atomic E-state index is 12.1. The van der Waals surface area contributed by atoms with E-state index in [0.29, 0.717) is 5.56 Å². The van der Waals surface area contributed by atoms with E-state index in [1.54, 1.807) is 0 Å². The van der Waals surface area contributed by atoms with Gasteiger partial charge in [0.15, 0.2) is 9.84 Å². The lowest BCUT2D eigenvalue weighted by atomic mass is 10.0. The molecule has 1 heterocycles. The summed E-state index contributed by atoms with van der Waals surface area (Å²) in [6.45, 7) is 1.75. The quantitative estimate of drug-likeness (QED) is 0.657. The van der Waals surface area contributed by atoms with E-state index in [0.717, 1.165) is 25.9 Å². The number of nitro groups is 1. The molecule has 1 aromatic carbocycles. The highest BCUT2D eigenvalue weighted by Gasteiger charge is 2.21. The van der Waals surface area contributed by atoms with Gasteiger partial charge in [0.1, 0.15) is 0 Å². The van der Waals surface area contributed by atoms with Crippen LogP contribution in [0.1, 0.15) is 18.4 Å². The van der Waals surface area contributed by atoms with Crippen LogP contribution in [0.15, 0.2) is 24.3 Å². The third-order valence-corrected chi connectivity index (χ3v) is 5.23. The van der Waals surface area contributed by atoms with E-state index in [-0.39, 0.29) is 23.1 Å². The van der Waals surface area contributed by atoms with E-state index >= 15 is 0 Å². The summed E-state index contributed by atoms with van der Waals surface area (Å²) in [6, 6.07) is 5.71. The number of non-ortho nitro benzene ring substituents is 1. The van der Waals surface area contributed by atoms with E-state index in [9.17, 15) is 18.5 Å². The molecule has 0 unspecified atom stereocenters. The highest BCUT2D eigenvalue weighted by Crippen LogP contribution is 2.18. The Morgan fingerprint density at radius 3 is 2.35 bits per heavy atom. The number of nitrogens with zero attached hydrogens (tertiary/aromatic N) is 1. The van der Waals surface area contributed by atoms with E-state index in [2.05, 4.69) is 5.32 Å². The number of hydrogen-bond donors (Lipinski definition) is 1. The summed E-state index contributed by atoms with van der Waals surface area (Å²) in [4.78, 5) is 10.0. The summed E-state index contributed by atoms with van der Waals surface area (Å²) in [5.41, 5.74) is 0.578. The smallest absolute Gasteiger partial charge is 0.269 e. The standard InChI is InChI=1S/C13H18N2O4S/c16-15(17)13-3-1-11(2-4-13)9-20(18,19)10-12-5-7-14-8-6-12/h1-4,12,14H,5-10H2. The molecule has 0 spiro atoms. The van der Waals surface area contributed by atoms with Crippen LogP contribution in [0.25, 0.3) is 0 Å². The molecule has 0 amide bonds. The molecule has 0 saturated carbocycles. The molecule has 6 nitrogen and oxygen atoms in total. The maximum atomic E-state index is 12.1. The van der Waals surface area contributed by atoms with Gasteiger partial charge in [-0.2, -0.15) is 0 Å². The van der Waals surface area contributed by atoms with Crippen molar-refractivity contribution in [3.05, 3.63) is 39.9 Å². The second-order valence-corrected chi connectivity index (χ2v) is 7.28. The Morgan fingerprint density at radius 1 is 1.20 bits per heavy atom. The highest BCUT2D eigenvalue weighted by molar-refractivity contribution is 7.90. The summed E-state index contributed by atoms with van der Waals surface area (Å²) in [5.74, 6) is 0.375. The zero-order chi connectivity index (χ0) is 14.6. The molecule has 1 aliphatic heterocycles. The number of sulfone groups is 1. The molecule has 1 aromatic rings. The predicted molar refractivity (Wildman–Crippen MR) is 76.2 cm³/mol. The summed E-state index contributed by atoms with van der Waals surface area (Å²) in [7, 11) is -3.16. The van der Waals surface area contributed by atoms with Gasteiger partial charge in [0.05, 0.1) is 16.4 Å². The molecule has 1 aliphatic rings. The third kappa shape index (κ3) is 4.28. The largest absolute Gasteiger partial charge is 0.317 e. The summed E-state index contributed by atoms with van der Waals surface area (Å²) >= 11 is 0. The fourth-order valence-electron chi connectivity index (χ4n) is 2.43. The van der Waals surface area contributed by atoms with Crippen molar-refractivity contribution in [1.82, 2.24) is 5.32 Å². The average molecular weight is 298 g/mol. The summed E-state index contributed by atoms with van der Waals surface area (Å²) < 4.78 is 24.3. The number of nitro benzene ring substituents is 1. The van der Waals surface area contributed by atoms with Crippen molar-refractivity contribution in [2.24, 2.45) is 5.92 Å². The number of rotatable bonds is 5. The first-order valence-corrected chi connectivity index (χ1v) is 8.43. The molecular formula is C13H18N2O4S. The SMILES string of the molecule is O=[N+]([O-])c1ccc(CS(=O)(=O)CC2CCNCC2)cc1. The van der Waals surface area contributed by atoms with Crippen LogP contribution in [0.2, 0.25) is 0 Å². The molecular weight excluding hydrogens is 280 g/mol. The van der Waals surface area contributed by atoms with Crippen LogP contribution >= 0.6 is 0 Å². The molecule has 0 atom stereocenters. The molecule has 0 radical (unpaired) electrons. The van der Waals surface area contributed by atoms with Crippen LogP contribution in [0.3, 0.4) is 0 Å². The number of piperidine rings is 1. The van der Waals surface area contributed by atoms with Gasteiger partial charge >= 0.3 is 0 Å². The topological polar surface area (TPSA) is 89.3 Å². The van der Waals surface area contributed by atoms with Crippen molar-refractivity contribution in [2.45, 2.75) is 18.6 Å². The van der Waals surface area contributed by atoms with Crippen molar-refractivity contribution in [3.8, 4) is 0 Å². The normalized spacial score (nSPS) is 17.0. The van der Waals surface area contributed by atoms with Crippen LogP contribution in [-0.2, 0) is 15.6 Å². The van der Waals surface area contributed by atoms with Crippen LogP contribution in [0.4, 0.5) is 5.69 Å². The minimum Gasteiger partial charge on any atom is -0.317 e. The van der Waals surface area contributed by atoms with Crippen LogP contribution in [0, 0.1) is 16.0 Å². The third-order valence-electron chi connectivity index (χ3n) is 3.48. The first-order valence-electron chi connectivity index (χ1n) is 6.61. The fourth-order valence-corrected chi connectivity index (χ4v) is 4.30. The minimum absolute atomic E-state index is 0.0236. The van der Waals surface area contributed by atoms with E-state index in [4.69, 9.17) is 0 Å². The van der Waals surface area contributed by atoms with E-state index in [1.165, 1.54) is 24.3 Å². The molecule has 0 bridgehead atoms. The first kappa shape index (κ1) is 14.9. The fraction of sp³-hybridized carbons (Fsp3) is 0.538. The zero-order valence-corrected chi connectivity index (χ0v) is 11.9. The second kappa shape index (κ2) is 6.32. The van der Waals surface area contributed by atoms with Gasteiger partial charge in [-0.1, -0.05) is 12.1 Å². The van der Waals surface area contributed by atoms with Crippen LogP contribution < -0.4 is 5.32 Å². The average Bonchev–Trinajstić information content (AvgIpc) is 2.39. The Morgan fingerprint density at radius 2 is 1.80 bits per heavy atom. The van der Waals surface area contributed by atoms with Gasteiger partial charge in [-0.15, -0.1) is 0 Å². The Hall–Kier alpha value is -1.47. The monoisotopic (exact) mass is 298 g/mol. The summed E-state index contributed by atoms with van der Waals surface area (Å²) in [5, 5.41) is 13.7. The molecule has 0 aromatic heterocycles.